The SMILES string of the molecule is CCn1ncc(N)c1C(=O)NC(C)CC(N)=O. The monoisotopic (exact) mass is 239 g/mol. The molecule has 0 radical (unpaired) electrons. The van der Waals surface area contributed by atoms with Crippen LogP contribution in [0.1, 0.15) is 30.8 Å². The molecule has 1 atom stereocenters. The van der Waals surface area contributed by atoms with Crippen molar-refractivity contribution >= 4 is 17.5 Å². The van der Waals surface area contributed by atoms with E-state index >= 15 is 0 Å². The molecule has 0 aliphatic heterocycles. The number of nitrogen functional groups attached to an aromatic ring is 1. The van der Waals surface area contributed by atoms with Crippen LogP contribution in [0, 0.1) is 0 Å². The normalized spacial score (nSPS) is 12.1. The van der Waals surface area contributed by atoms with Gasteiger partial charge in [0.1, 0.15) is 5.69 Å². The third kappa shape index (κ3) is 3.20. The van der Waals surface area contributed by atoms with Crippen LogP contribution in [0.5, 0.6) is 0 Å². The standard InChI is InChI=1S/C10H17N5O2/c1-3-15-9(7(11)5-13-15)10(17)14-6(2)4-8(12)16/h5-6H,3-4,11H2,1-2H3,(H2,12,16)(H,14,17). The third-order valence-corrected chi connectivity index (χ3v) is 2.27. The minimum absolute atomic E-state index is 0.0892. The lowest BCUT2D eigenvalue weighted by Gasteiger charge is -2.13. The Labute approximate surface area is 99.1 Å². The molecular weight excluding hydrogens is 222 g/mol. The zero-order chi connectivity index (χ0) is 13.0. The predicted molar refractivity (Wildman–Crippen MR) is 63.1 cm³/mol. The van der Waals surface area contributed by atoms with Gasteiger partial charge < -0.3 is 16.8 Å². The first-order valence-electron chi connectivity index (χ1n) is 5.36. The van der Waals surface area contributed by atoms with Gasteiger partial charge in [0.2, 0.25) is 5.91 Å². The minimum Gasteiger partial charge on any atom is -0.396 e. The van der Waals surface area contributed by atoms with Crippen molar-refractivity contribution < 1.29 is 9.59 Å². The average Bonchev–Trinajstić information content (AvgIpc) is 2.57. The Kier molecular flexibility index (Phi) is 4.08. The number of primary amides is 1. The van der Waals surface area contributed by atoms with Gasteiger partial charge in [-0.3, -0.25) is 14.3 Å². The van der Waals surface area contributed by atoms with E-state index in [1.807, 2.05) is 6.92 Å². The van der Waals surface area contributed by atoms with Crippen LogP contribution in [0.3, 0.4) is 0 Å². The van der Waals surface area contributed by atoms with Crippen molar-refractivity contribution in [2.75, 3.05) is 5.73 Å². The molecule has 1 unspecified atom stereocenters. The summed E-state index contributed by atoms with van der Waals surface area (Å²) in [6.45, 7) is 4.10. The maximum atomic E-state index is 11.9. The van der Waals surface area contributed by atoms with Gasteiger partial charge in [0, 0.05) is 19.0 Å². The van der Waals surface area contributed by atoms with Crippen molar-refractivity contribution in [1.82, 2.24) is 15.1 Å². The van der Waals surface area contributed by atoms with E-state index in [1.165, 1.54) is 10.9 Å². The summed E-state index contributed by atoms with van der Waals surface area (Å²) in [6, 6.07) is -0.334. The predicted octanol–water partition coefficient (Wildman–Crippen LogP) is -0.521. The fourth-order valence-corrected chi connectivity index (χ4v) is 1.53. The first kappa shape index (κ1) is 13.0. The summed E-state index contributed by atoms with van der Waals surface area (Å²) >= 11 is 0. The number of hydrogen-bond acceptors (Lipinski definition) is 4. The molecule has 1 heterocycles. The molecule has 17 heavy (non-hydrogen) atoms. The number of amides is 2. The van der Waals surface area contributed by atoms with Crippen LogP contribution in [0.25, 0.3) is 0 Å². The quantitative estimate of drug-likeness (QED) is 0.641. The second-order valence-corrected chi connectivity index (χ2v) is 3.81. The zero-order valence-electron chi connectivity index (χ0n) is 9.93. The number of carbonyl (C=O) groups excluding carboxylic acids is 2. The van der Waals surface area contributed by atoms with Gasteiger partial charge in [0.15, 0.2) is 0 Å². The molecular formula is C10H17N5O2. The molecule has 0 aliphatic rings. The second-order valence-electron chi connectivity index (χ2n) is 3.81. The largest absolute Gasteiger partial charge is 0.396 e. The number of aryl methyl sites for hydroxylation is 1. The van der Waals surface area contributed by atoms with E-state index in [0.717, 1.165) is 0 Å². The van der Waals surface area contributed by atoms with Gasteiger partial charge >= 0.3 is 0 Å². The maximum absolute atomic E-state index is 11.9. The summed E-state index contributed by atoms with van der Waals surface area (Å²) in [4.78, 5) is 22.6. The second kappa shape index (κ2) is 5.33. The highest BCUT2D eigenvalue weighted by Crippen LogP contribution is 2.10. The van der Waals surface area contributed by atoms with Crippen LogP contribution in [0.4, 0.5) is 5.69 Å². The van der Waals surface area contributed by atoms with Crippen molar-refractivity contribution in [3.63, 3.8) is 0 Å². The summed E-state index contributed by atoms with van der Waals surface area (Å²) < 4.78 is 1.50. The average molecular weight is 239 g/mol. The molecule has 0 saturated carbocycles. The van der Waals surface area contributed by atoms with Crippen molar-refractivity contribution in [1.29, 1.82) is 0 Å². The molecule has 1 aromatic heterocycles. The molecule has 94 valence electrons. The highest BCUT2D eigenvalue weighted by molar-refractivity contribution is 5.97. The zero-order valence-corrected chi connectivity index (χ0v) is 9.93. The van der Waals surface area contributed by atoms with E-state index < -0.39 is 5.91 Å². The Morgan fingerprint density at radius 3 is 2.76 bits per heavy atom. The molecule has 5 N–H and O–H groups in total. The Morgan fingerprint density at radius 2 is 2.24 bits per heavy atom. The fourth-order valence-electron chi connectivity index (χ4n) is 1.53. The van der Waals surface area contributed by atoms with Gasteiger partial charge in [-0.25, -0.2) is 0 Å². The molecule has 0 aliphatic carbocycles. The van der Waals surface area contributed by atoms with Gasteiger partial charge in [-0.15, -0.1) is 0 Å². The van der Waals surface area contributed by atoms with Gasteiger partial charge in [0.05, 0.1) is 11.9 Å². The number of aromatic nitrogens is 2. The summed E-state index contributed by atoms with van der Waals surface area (Å²) in [5, 5.41) is 6.61. The summed E-state index contributed by atoms with van der Waals surface area (Å²) in [5.41, 5.74) is 11.3. The minimum atomic E-state index is -0.463. The number of nitrogens with two attached hydrogens (primary N) is 2. The summed E-state index contributed by atoms with van der Waals surface area (Å²) in [5.74, 6) is -0.814. The maximum Gasteiger partial charge on any atom is 0.271 e. The van der Waals surface area contributed by atoms with E-state index in [2.05, 4.69) is 10.4 Å². The molecule has 1 rings (SSSR count). The lowest BCUT2D eigenvalue weighted by atomic mass is 10.2. The Bertz CT molecular complexity index is 426. The Morgan fingerprint density at radius 1 is 1.59 bits per heavy atom. The lowest BCUT2D eigenvalue weighted by Crippen LogP contribution is -2.37. The third-order valence-electron chi connectivity index (χ3n) is 2.27. The molecule has 0 fully saturated rings. The van der Waals surface area contributed by atoms with E-state index in [9.17, 15) is 9.59 Å². The van der Waals surface area contributed by atoms with Crippen LogP contribution in [0.2, 0.25) is 0 Å². The van der Waals surface area contributed by atoms with Crippen LogP contribution >= 0.6 is 0 Å². The molecule has 0 aromatic carbocycles. The smallest absolute Gasteiger partial charge is 0.271 e. The van der Waals surface area contributed by atoms with Crippen LogP contribution in [-0.4, -0.2) is 27.6 Å². The van der Waals surface area contributed by atoms with Crippen LogP contribution < -0.4 is 16.8 Å². The Hall–Kier alpha value is -2.05. The molecule has 0 saturated heterocycles. The number of rotatable bonds is 5. The van der Waals surface area contributed by atoms with Crippen molar-refractivity contribution in [3.8, 4) is 0 Å². The highest BCUT2D eigenvalue weighted by atomic mass is 16.2. The van der Waals surface area contributed by atoms with Crippen molar-refractivity contribution in [3.05, 3.63) is 11.9 Å². The molecule has 7 nitrogen and oxygen atoms in total. The summed E-state index contributed by atoms with van der Waals surface area (Å²) in [6.07, 6.45) is 1.52. The topological polar surface area (TPSA) is 116 Å². The number of nitrogens with one attached hydrogen (secondary N) is 1. The lowest BCUT2D eigenvalue weighted by molar-refractivity contribution is -0.118. The van der Waals surface area contributed by atoms with Crippen molar-refractivity contribution in [2.24, 2.45) is 5.73 Å². The molecule has 1 aromatic rings. The van der Waals surface area contributed by atoms with Gasteiger partial charge in [-0.2, -0.15) is 5.10 Å². The van der Waals surface area contributed by atoms with E-state index in [4.69, 9.17) is 11.5 Å². The van der Waals surface area contributed by atoms with E-state index in [-0.39, 0.29) is 18.4 Å². The summed E-state index contributed by atoms with van der Waals surface area (Å²) in [7, 11) is 0. The number of anilines is 1. The van der Waals surface area contributed by atoms with E-state index in [0.29, 0.717) is 17.9 Å². The fraction of sp³-hybridized carbons (Fsp3) is 0.500. The molecule has 0 bridgehead atoms. The molecule has 0 spiro atoms. The number of carbonyl (C=O) groups is 2. The Balaban J connectivity index is 2.75. The van der Waals surface area contributed by atoms with Crippen molar-refractivity contribution in [2.45, 2.75) is 32.9 Å². The first-order chi connectivity index (χ1) is 7.95. The van der Waals surface area contributed by atoms with Gasteiger partial charge in [0.25, 0.3) is 5.91 Å². The van der Waals surface area contributed by atoms with E-state index in [1.54, 1.807) is 6.92 Å². The first-order valence-corrected chi connectivity index (χ1v) is 5.36. The van der Waals surface area contributed by atoms with Gasteiger partial charge in [-0.1, -0.05) is 0 Å². The molecule has 2 amide bonds. The number of nitrogens with zero attached hydrogens (tertiary/aromatic N) is 2. The number of hydrogen-bond donors (Lipinski definition) is 3. The van der Waals surface area contributed by atoms with Crippen LogP contribution in [-0.2, 0) is 11.3 Å². The van der Waals surface area contributed by atoms with Gasteiger partial charge in [-0.05, 0) is 13.8 Å². The molecule has 7 heteroatoms. The van der Waals surface area contributed by atoms with Crippen LogP contribution in [0.15, 0.2) is 6.20 Å². The highest BCUT2D eigenvalue weighted by Gasteiger charge is 2.18.